The topological polar surface area (TPSA) is 64.4 Å². The molecule has 0 bridgehead atoms. The highest BCUT2D eigenvalue weighted by Gasteiger charge is 2.41. The quantitative estimate of drug-likeness (QED) is 0.401. The first kappa shape index (κ1) is 23.7. The third kappa shape index (κ3) is 4.91. The molecular formula is C25H23Cl2N3O2S. The smallest absolute Gasteiger partial charge is 0.267 e. The standard InChI is InChI=1S/C25H23Cl2N3O2S/c1-16-10-12-29(13-11-16)23(31)19(15-28)25-30(18-7-3-2-4-8-18)24(32)21(33-25)14-17-6-5-9-20(26)22(17)27/h2-9,16,21H,10-14H2,1H3/b25-19-/t21-/m1/s1. The monoisotopic (exact) mass is 499 g/mol. The molecule has 0 aliphatic carbocycles. The summed E-state index contributed by atoms with van der Waals surface area (Å²) in [5, 5.41) is 10.7. The van der Waals surface area contributed by atoms with Crippen LogP contribution in [0.4, 0.5) is 5.69 Å². The van der Waals surface area contributed by atoms with Crippen molar-refractivity contribution in [3.05, 3.63) is 74.7 Å². The zero-order valence-corrected chi connectivity index (χ0v) is 20.5. The number of amides is 2. The van der Waals surface area contributed by atoms with E-state index in [1.54, 1.807) is 29.2 Å². The molecule has 2 aromatic rings. The van der Waals surface area contributed by atoms with E-state index in [-0.39, 0.29) is 17.4 Å². The zero-order valence-electron chi connectivity index (χ0n) is 18.1. The van der Waals surface area contributed by atoms with E-state index in [9.17, 15) is 14.9 Å². The second kappa shape index (κ2) is 10.2. The molecule has 0 radical (unpaired) electrons. The van der Waals surface area contributed by atoms with E-state index in [1.165, 1.54) is 16.7 Å². The van der Waals surface area contributed by atoms with Gasteiger partial charge in [0.2, 0.25) is 5.91 Å². The molecule has 8 heteroatoms. The number of benzene rings is 2. The molecule has 1 atom stereocenters. The molecule has 0 spiro atoms. The average Bonchev–Trinajstić information content (AvgIpc) is 3.14. The van der Waals surface area contributed by atoms with Gasteiger partial charge in [0.05, 0.1) is 15.3 Å². The van der Waals surface area contributed by atoms with Gasteiger partial charge in [-0.15, -0.1) is 0 Å². The van der Waals surface area contributed by atoms with Crippen molar-refractivity contribution >= 4 is 52.5 Å². The Kier molecular flexibility index (Phi) is 7.33. The lowest BCUT2D eigenvalue weighted by Gasteiger charge is -2.30. The molecule has 2 aromatic carbocycles. The van der Waals surface area contributed by atoms with Gasteiger partial charge in [0.25, 0.3) is 5.91 Å². The molecule has 0 aromatic heterocycles. The minimum Gasteiger partial charge on any atom is -0.338 e. The maximum atomic E-state index is 13.5. The molecule has 33 heavy (non-hydrogen) atoms. The maximum Gasteiger partial charge on any atom is 0.267 e. The summed E-state index contributed by atoms with van der Waals surface area (Å²) in [6, 6.07) is 16.5. The molecule has 2 amide bonds. The van der Waals surface area contributed by atoms with E-state index >= 15 is 0 Å². The van der Waals surface area contributed by atoms with Gasteiger partial charge in [-0.25, -0.2) is 0 Å². The number of rotatable bonds is 4. The van der Waals surface area contributed by atoms with Gasteiger partial charge in [-0.05, 0) is 48.9 Å². The van der Waals surface area contributed by atoms with Gasteiger partial charge >= 0.3 is 0 Å². The van der Waals surface area contributed by atoms with Crippen molar-refractivity contribution in [3.8, 4) is 6.07 Å². The van der Waals surface area contributed by atoms with Crippen molar-refractivity contribution in [3.63, 3.8) is 0 Å². The number of nitriles is 1. The summed E-state index contributed by atoms with van der Waals surface area (Å²) in [7, 11) is 0. The number of nitrogens with zero attached hydrogens (tertiary/aromatic N) is 3. The summed E-state index contributed by atoms with van der Waals surface area (Å²) in [5.74, 6) is 0.0504. The van der Waals surface area contributed by atoms with Crippen LogP contribution in [0.1, 0.15) is 25.3 Å². The van der Waals surface area contributed by atoms with Crippen LogP contribution < -0.4 is 4.90 Å². The first-order chi connectivity index (χ1) is 15.9. The van der Waals surface area contributed by atoms with Gasteiger partial charge in [0.1, 0.15) is 16.7 Å². The van der Waals surface area contributed by atoms with E-state index in [2.05, 4.69) is 13.0 Å². The number of carbonyl (C=O) groups excluding carboxylic acids is 2. The Labute approximate surface area is 207 Å². The lowest BCUT2D eigenvalue weighted by atomic mass is 9.99. The van der Waals surface area contributed by atoms with Gasteiger partial charge in [-0.2, -0.15) is 5.26 Å². The summed E-state index contributed by atoms with van der Waals surface area (Å²) in [4.78, 5) is 30.1. The Morgan fingerprint density at radius 2 is 1.82 bits per heavy atom. The molecule has 4 rings (SSSR count). The molecule has 0 unspecified atom stereocenters. The second-order valence-electron chi connectivity index (χ2n) is 8.30. The van der Waals surface area contributed by atoms with Crippen molar-refractivity contribution < 1.29 is 9.59 Å². The number of hydrogen-bond donors (Lipinski definition) is 0. The third-order valence-electron chi connectivity index (χ3n) is 6.01. The number of likely N-dealkylation sites (tertiary alicyclic amines) is 1. The molecule has 2 fully saturated rings. The number of anilines is 1. The lowest BCUT2D eigenvalue weighted by molar-refractivity contribution is -0.128. The first-order valence-corrected chi connectivity index (χ1v) is 12.5. The fraction of sp³-hybridized carbons (Fsp3) is 0.320. The van der Waals surface area contributed by atoms with Crippen LogP contribution in [0.2, 0.25) is 10.0 Å². The average molecular weight is 500 g/mol. The lowest BCUT2D eigenvalue weighted by Crippen LogP contribution is -2.39. The Bertz CT molecular complexity index is 1140. The summed E-state index contributed by atoms with van der Waals surface area (Å²) < 4.78 is 0. The number of halogens is 2. The largest absolute Gasteiger partial charge is 0.338 e. The molecule has 0 N–H and O–H groups in total. The van der Waals surface area contributed by atoms with E-state index in [4.69, 9.17) is 23.2 Å². The van der Waals surface area contributed by atoms with Crippen LogP contribution in [0.25, 0.3) is 0 Å². The highest BCUT2D eigenvalue weighted by atomic mass is 35.5. The molecule has 2 aliphatic heterocycles. The van der Waals surface area contributed by atoms with Gasteiger partial charge < -0.3 is 4.90 Å². The summed E-state index contributed by atoms with van der Waals surface area (Å²) >= 11 is 13.8. The van der Waals surface area contributed by atoms with E-state index in [0.717, 1.165) is 18.4 Å². The number of thioether (sulfide) groups is 1. The number of carbonyl (C=O) groups is 2. The summed E-state index contributed by atoms with van der Waals surface area (Å²) in [5.41, 5.74) is 1.38. The Morgan fingerprint density at radius 1 is 1.12 bits per heavy atom. The van der Waals surface area contributed by atoms with Crippen LogP contribution in [0.5, 0.6) is 0 Å². The minimum atomic E-state index is -0.534. The fourth-order valence-corrected chi connectivity index (χ4v) is 5.75. The SMILES string of the molecule is CC1CCN(C(=O)/C(C#N)=C2\S[C@H](Cc3cccc(Cl)c3Cl)C(=O)N2c2ccccc2)CC1. The summed E-state index contributed by atoms with van der Waals surface area (Å²) in [6.45, 7) is 3.40. The molecule has 170 valence electrons. The van der Waals surface area contributed by atoms with Crippen molar-refractivity contribution in [2.75, 3.05) is 18.0 Å². The summed E-state index contributed by atoms with van der Waals surface area (Å²) in [6.07, 6.45) is 2.15. The van der Waals surface area contributed by atoms with Gasteiger partial charge in [-0.3, -0.25) is 14.5 Å². The Balaban J connectivity index is 1.72. The van der Waals surface area contributed by atoms with Gasteiger partial charge in [-0.1, -0.05) is 72.2 Å². The molecular weight excluding hydrogens is 477 g/mol. The fourth-order valence-electron chi connectivity index (χ4n) is 4.07. The highest BCUT2D eigenvalue weighted by molar-refractivity contribution is 8.05. The second-order valence-corrected chi connectivity index (χ2v) is 10.3. The van der Waals surface area contributed by atoms with Crippen LogP contribution in [-0.4, -0.2) is 35.1 Å². The van der Waals surface area contributed by atoms with Crippen molar-refractivity contribution in [1.82, 2.24) is 4.90 Å². The number of para-hydroxylation sites is 1. The predicted octanol–water partition coefficient (Wildman–Crippen LogP) is 5.68. The zero-order chi connectivity index (χ0) is 23.5. The normalized spacial score (nSPS) is 20.7. The van der Waals surface area contributed by atoms with Crippen molar-refractivity contribution in [1.29, 1.82) is 5.26 Å². The number of hydrogen-bond acceptors (Lipinski definition) is 4. The van der Waals surface area contributed by atoms with E-state index in [0.29, 0.717) is 46.2 Å². The number of piperidine rings is 1. The Morgan fingerprint density at radius 3 is 2.48 bits per heavy atom. The molecule has 2 aliphatic rings. The minimum absolute atomic E-state index is 0.00597. The molecule has 0 saturated carbocycles. The predicted molar refractivity (Wildman–Crippen MR) is 133 cm³/mol. The third-order valence-corrected chi connectivity index (χ3v) is 8.14. The van der Waals surface area contributed by atoms with E-state index in [1.807, 2.05) is 24.3 Å². The van der Waals surface area contributed by atoms with Crippen LogP contribution in [0.15, 0.2) is 59.1 Å². The molecule has 5 nitrogen and oxygen atoms in total. The maximum absolute atomic E-state index is 13.5. The van der Waals surface area contributed by atoms with Gasteiger partial charge in [0, 0.05) is 18.8 Å². The molecule has 2 heterocycles. The van der Waals surface area contributed by atoms with Crippen LogP contribution in [0, 0.1) is 17.2 Å². The first-order valence-electron chi connectivity index (χ1n) is 10.8. The van der Waals surface area contributed by atoms with Gasteiger partial charge in [0.15, 0.2) is 0 Å². The van der Waals surface area contributed by atoms with Crippen molar-refractivity contribution in [2.45, 2.75) is 31.4 Å². The Hall–Kier alpha value is -2.46. The molecule has 2 saturated heterocycles. The van der Waals surface area contributed by atoms with Crippen LogP contribution in [-0.2, 0) is 16.0 Å². The van der Waals surface area contributed by atoms with Crippen molar-refractivity contribution in [2.24, 2.45) is 5.92 Å². The van der Waals surface area contributed by atoms with E-state index < -0.39 is 5.25 Å². The highest BCUT2D eigenvalue weighted by Crippen LogP contribution is 2.43. The van der Waals surface area contributed by atoms with Crippen LogP contribution >= 0.6 is 35.0 Å². The van der Waals surface area contributed by atoms with Crippen LogP contribution in [0.3, 0.4) is 0 Å².